The van der Waals surface area contributed by atoms with Gasteiger partial charge in [0.2, 0.25) is 5.91 Å². The standard InChI is InChI=1S/C19H28N2O/c1-15(17-9-5-11-20-14-17)13-19(22)21-12-6-10-18(21)16-7-3-2-4-8-16/h2-4,7-8,15,17-18,20H,5-6,9-14H2,1H3. The molecule has 1 aromatic carbocycles. The SMILES string of the molecule is CC(CC(=O)N1CCCC1c1ccccc1)C1CCCNC1. The Morgan fingerprint density at radius 1 is 1.27 bits per heavy atom. The van der Waals surface area contributed by atoms with E-state index in [1.807, 2.05) is 6.07 Å². The number of carbonyl (C=O) groups is 1. The van der Waals surface area contributed by atoms with Gasteiger partial charge >= 0.3 is 0 Å². The number of carbonyl (C=O) groups excluding carboxylic acids is 1. The van der Waals surface area contributed by atoms with Crippen molar-refractivity contribution in [3.63, 3.8) is 0 Å². The number of nitrogens with zero attached hydrogens (tertiary/aromatic N) is 1. The molecule has 0 spiro atoms. The lowest BCUT2D eigenvalue weighted by Crippen LogP contribution is -2.37. The third-order valence-corrected chi connectivity index (χ3v) is 5.39. The minimum Gasteiger partial charge on any atom is -0.336 e. The molecule has 1 N–H and O–H groups in total. The maximum absolute atomic E-state index is 12.8. The molecule has 1 aromatic rings. The molecule has 0 bridgehead atoms. The lowest BCUT2D eigenvalue weighted by Gasteiger charge is -2.31. The fourth-order valence-electron chi connectivity index (χ4n) is 4.01. The van der Waals surface area contributed by atoms with Crippen molar-refractivity contribution >= 4 is 5.91 Å². The molecule has 3 rings (SSSR count). The van der Waals surface area contributed by atoms with Crippen LogP contribution in [0.15, 0.2) is 30.3 Å². The molecule has 3 unspecified atom stereocenters. The summed E-state index contributed by atoms with van der Waals surface area (Å²) >= 11 is 0. The molecule has 1 amide bonds. The Kier molecular flexibility index (Phi) is 5.14. The maximum Gasteiger partial charge on any atom is 0.223 e. The molecule has 120 valence electrons. The fraction of sp³-hybridized carbons (Fsp3) is 0.632. The summed E-state index contributed by atoms with van der Waals surface area (Å²) in [6.07, 6.45) is 5.46. The Balaban J connectivity index is 1.61. The van der Waals surface area contributed by atoms with E-state index in [2.05, 4.69) is 41.4 Å². The molecule has 2 fully saturated rings. The minimum atomic E-state index is 0.297. The summed E-state index contributed by atoms with van der Waals surface area (Å²) in [5.74, 6) is 1.50. The van der Waals surface area contributed by atoms with Gasteiger partial charge in [-0.2, -0.15) is 0 Å². The van der Waals surface area contributed by atoms with Crippen molar-refractivity contribution in [2.45, 2.75) is 45.1 Å². The van der Waals surface area contributed by atoms with E-state index < -0.39 is 0 Å². The van der Waals surface area contributed by atoms with E-state index in [4.69, 9.17) is 0 Å². The number of hydrogen-bond donors (Lipinski definition) is 1. The topological polar surface area (TPSA) is 32.3 Å². The molecule has 0 saturated carbocycles. The average molecular weight is 300 g/mol. The van der Waals surface area contributed by atoms with Gasteiger partial charge in [-0.1, -0.05) is 37.3 Å². The van der Waals surface area contributed by atoms with Gasteiger partial charge in [0.05, 0.1) is 6.04 Å². The van der Waals surface area contributed by atoms with Gasteiger partial charge in [0.15, 0.2) is 0 Å². The average Bonchev–Trinajstić information content (AvgIpc) is 3.06. The quantitative estimate of drug-likeness (QED) is 0.924. The molecule has 2 heterocycles. The number of amides is 1. The number of piperidine rings is 1. The second kappa shape index (κ2) is 7.28. The molecule has 0 aromatic heterocycles. The van der Waals surface area contributed by atoms with Crippen molar-refractivity contribution < 1.29 is 4.79 Å². The number of rotatable bonds is 4. The first kappa shape index (κ1) is 15.5. The van der Waals surface area contributed by atoms with Crippen molar-refractivity contribution in [3.8, 4) is 0 Å². The van der Waals surface area contributed by atoms with Crippen LogP contribution in [-0.4, -0.2) is 30.4 Å². The van der Waals surface area contributed by atoms with Crippen LogP contribution in [0.4, 0.5) is 0 Å². The highest BCUT2D eigenvalue weighted by atomic mass is 16.2. The van der Waals surface area contributed by atoms with E-state index in [9.17, 15) is 4.79 Å². The monoisotopic (exact) mass is 300 g/mol. The van der Waals surface area contributed by atoms with E-state index in [1.165, 1.54) is 18.4 Å². The predicted molar refractivity (Wildman–Crippen MR) is 89.5 cm³/mol. The van der Waals surface area contributed by atoms with E-state index in [-0.39, 0.29) is 0 Å². The van der Waals surface area contributed by atoms with Crippen LogP contribution in [0, 0.1) is 11.8 Å². The van der Waals surface area contributed by atoms with Crippen LogP contribution in [0.1, 0.15) is 50.6 Å². The molecule has 0 aliphatic carbocycles. The fourth-order valence-corrected chi connectivity index (χ4v) is 4.01. The van der Waals surface area contributed by atoms with Crippen molar-refractivity contribution in [1.29, 1.82) is 0 Å². The Bertz CT molecular complexity index is 481. The normalized spacial score (nSPS) is 26.9. The Labute approximate surface area is 134 Å². The highest BCUT2D eigenvalue weighted by molar-refractivity contribution is 5.77. The molecule has 3 atom stereocenters. The molecule has 3 nitrogen and oxygen atoms in total. The minimum absolute atomic E-state index is 0.297. The number of likely N-dealkylation sites (tertiary alicyclic amines) is 1. The smallest absolute Gasteiger partial charge is 0.223 e. The van der Waals surface area contributed by atoms with E-state index in [0.29, 0.717) is 30.2 Å². The molecular weight excluding hydrogens is 272 g/mol. The summed E-state index contributed by atoms with van der Waals surface area (Å²) in [6, 6.07) is 10.8. The number of benzene rings is 1. The van der Waals surface area contributed by atoms with Crippen LogP contribution in [0.3, 0.4) is 0 Å². The first-order valence-electron chi connectivity index (χ1n) is 8.81. The van der Waals surface area contributed by atoms with Crippen molar-refractivity contribution in [2.24, 2.45) is 11.8 Å². The van der Waals surface area contributed by atoms with Gasteiger partial charge in [-0.3, -0.25) is 4.79 Å². The Morgan fingerprint density at radius 3 is 2.82 bits per heavy atom. The van der Waals surface area contributed by atoms with E-state index in [0.717, 1.165) is 32.5 Å². The van der Waals surface area contributed by atoms with Gasteiger partial charge in [-0.05, 0) is 56.2 Å². The first-order chi connectivity index (χ1) is 10.8. The second-order valence-electron chi connectivity index (χ2n) is 6.94. The maximum atomic E-state index is 12.8. The van der Waals surface area contributed by atoms with Crippen molar-refractivity contribution in [3.05, 3.63) is 35.9 Å². The molecule has 2 aliphatic heterocycles. The summed E-state index contributed by atoms with van der Waals surface area (Å²) < 4.78 is 0. The number of nitrogens with one attached hydrogen (secondary N) is 1. The summed E-state index contributed by atoms with van der Waals surface area (Å²) in [5, 5.41) is 3.47. The molecular formula is C19H28N2O. The third-order valence-electron chi connectivity index (χ3n) is 5.39. The van der Waals surface area contributed by atoms with Crippen molar-refractivity contribution in [1.82, 2.24) is 10.2 Å². The Hall–Kier alpha value is -1.35. The molecule has 0 radical (unpaired) electrons. The van der Waals surface area contributed by atoms with Crippen LogP contribution >= 0.6 is 0 Å². The lowest BCUT2D eigenvalue weighted by molar-refractivity contribution is -0.133. The van der Waals surface area contributed by atoms with Crippen molar-refractivity contribution in [2.75, 3.05) is 19.6 Å². The van der Waals surface area contributed by atoms with Gasteiger partial charge in [0.25, 0.3) is 0 Å². The summed E-state index contributed by atoms with van der Waals surface area (Å²) in [6.45, 7) is 5.40. The molecule has 3 heteroatoms. The lowest BCUT2D eigenvalue weighted by atomic mass is 9.85. The highest BCUT2D eigenvalue weighted by Gasteiger charge is 2.31. The summed E-state index contributed by atoms with van der Waals surface area (Å²) in [4.78, 5) is 14.9. The van der Waals surface area contributed by atoms with E-state index >= 15 is 0 Å². The zero-order valence-corrected chi connectivity index (χ0v) is 13.6. The highest BCUT2D eigenvalue weighted by Crippen LogP contribution is 2.33. The van der Waals surface area contributed by atoms with Crippen LogP contribution in [0.2, 0.25) is 0 Å². The van der Waals surface area contributed by atoms with Crippen LogP contribution in [0.25, 0.3) is 0 Å². The Morgan fingerprint density at radius 2 is 2.09 bits per heavy atom. The largest absolute Gasteiger partial charge is 0.336 e. The molecule has 2 saturated heterocycles. The van der Waals surface area contributed by atoms with Gasteiger partial charge in [0, 0.05) is 13.0 Å². The third kappa shape index (κ3) is 3.52. The molecule has 22 heavy (non-hydrogen) atoms. The van der Waals surface area contributed by atoms with Gasteiger partial charge in [0.1, 0.15) is 0 Å². The van der Waals surface area contributed by atoms with Gasteiger partial charge < -0.3 is 10.2 Å². The first-order valence-corrected chi connectivity index (χ1v) is 8.81. The molecule has 2 aliphatic rings. The van der Waals surface area contributed by atoms with Gasteiger partial charge in [-0.15, -0.1) is 0 Å². The summed E-state index contributed by atoms with van der Waals surface area (Å²) in [7, 11) is 0. The zero-order valence-electron chi connectivity index (χ0n) is 13.6. The second-order valence-corrected chi connectivity index (χ2v) is 6.94. The zero-order chi connectivity index (χ0) is 15.4. The number of hydrogen-bond acceptors (Lipinski definition) is 2. The van der Waals surface area contributed by atoms with Crippen LogP contribution in [-0.2, 0) is 4.79 Å². The van der Waals surface area contributed by atoms with Crippen LogP contribution < -0.4 is 5.32 Å². The van der Waals surface area contributed by atoms with E-state index in [1.54, 1.807) is 0 Å². The summed E-state index contributed by atoms with van der Waals surface area (Å²) in [5.41, 5.74) is 1.29. The van der Waals surface area contributed by atoms with Crippen LogP contribution in [0.5, 0.6) is 0 Å². The van der Waals surface area contributed by atoms with Gasteiger partial charge in [-0.25, -0.2) is 0 Å². The predicted octanol–water partition coefficient (Wildman–Crippen LogP) is 3.38.